The van der Waals surface area contributed by atoms with Crippen LogP contribution in [-0.4, -0.2) is 15.8 Å². The van der Waals surface area contributed by atoms with Crippen LogP contribution >= 0.6 is 11.3 Å². The minimum Gasteiger partial charge on any atom is -0.346 e. The van der Waals surface area contributed by atoms with E-state index in [4.69, 9.17) is 5.84 Å². The standard InChI is InChI=1S/C11H11N5O3S/c12-15-10-2-1-8(16(18)19)3-9(10)11(17)13-4-7-5-20-6-14-7/h1-3,5-6,15H,4,12H2,(H,13,17). The maximum absolute atomic E-state index is 12.0. The van der Waals surface area contributed by atoms with Gasteiger partial charge in [0.05, 0.1) is 33.9 Å². The first kappa shape index (κ1) is 13.9. The van der Waals surface area contributed by atoms with Gasteiger partial charge in [-0.2, -0.15) is 0 Å². The summed E-state index contributed by atoms with van der Waals surface area (Å²) < 4.78 is 0. The molecule has 0 spiro atoms. The number of nitrogens with one attached hydrogen (secondary N) is 2. The van der Waals surface area contributed by atoms with E-state index in [1.54, 1.807) is 10.9 Å². The average Bonchev–Trinajstić information content (AvgIpc) is 2.97. The molecule has 4 N–H and O–H groups in total. The summed E-state index contributed by atoms with van der Waals surface area (Å²) in [5.41, 5.74) is 4.95. The molecule has 104 valence electrons. The first-order chi connectivity index (χ1) is 9.61. The molecule has 0 saturated heterocycles. The SMILES string of the molecule is NNc1ccc([N+](=O)[O-])cc1C(=O)NCc1cscn1. The normalized spacial score (nSPS) is 10.1. The van der Waals surface area contributed by atoms with E-state index >= 15 is 0 Å². The zero-order valence-corrected chi connectivity index (χ0v) is 11.0. The lowest BCUT2D eigenvalue weighted by Crippen LogP contribution is -2.25. The number of hydrogen-bond acceptors (Lipinski definition) is 7. The van der Waals surface area contributed by atoms with Gasteiger partial charge in [-0.1, -0.05) is 0 Å². The molecule has 9 heteroatoms. The third-order valence-electron chi connectivity index (χ3n) is 2.53. The van der Waals surface area contributed by atoms with Crippen molar-refractivity contribution >= 4 is 28.6 Å². The molecule has 0 atom stereocenters. The summed E-state index contributed by atoms with van der Waals surface area (Å²) in [6, 6.07) is 3.83. The lowest BCUT2D eigenvalue weighted by atomic mass is 10.1. The van der Waals surface area contributed by atoms with Crippen LogP contribution in [0.5, 0.6) is 0 Å². The maximum Gasteiger partial charge on any atom is 0.270 e. The van der Waals surface area contributed by atoms with Crippen molar-refractivity contribution in [3.8, 4) is 0 Å². The topological polar surface area (TPSA) is 123 Å². The highest BCUT2D eigenvalue weighted by Gasteiger charge is 2.16. The quantitative estimate of drug-likeness (QED) is 0.433. The fourth-order valence-corrected chi connectivity index (χ4v) is 2.11. The summed E-state index contributed by atoms with van der Waals surface area (Å²) in [4.78, 5) is 26.2. The van der Waals surface area contributed by atoms with Gasteiger partial charge >= 0.3 is 0 Å². The number of amides is 1. The molecule has 1 aromatic carbocycles. The van der Waals surface area contributed by atoms with Crippen molar-refractivity contribution in [1.82, 2.24) is 10.3 Å². The molecule has 0 fully saturated rings. The number of anilines is 1. The van der Waals surface area contributed by atoms with E-state index in [0.717, 1.165) is 5.69 Å². The van der Waals surface area contributed by atoms with Gasteiger partial charge in [-0.3, -0.25) is 20.8 Å². The number of thiazole rings is 1. The van der Waals surface area contributed by atoms with Crippen LogP contribution in [-0.2, 0) is 6.54 Å². The summed E-state index contributed by atoms with van der Waals surface area (Å²) in [7, 11) is 0. The molecule has 0 aliphatic heterocycles. The van der Waals surface area contributed by atoms with Crippen molar-refractivity contribution in [2.24, 2.45) is 5.84 Å². The van der Waals surface area contributed by atoms with Crippen LogP contribution in [0.25, 0.3) is 0 Å². The van der Waals surface area contributed by atoms with E-state index in [2.05, 4.69) is 15.7 Å². The lowest BCUT2D eigenvalue weighted by molar-refractivity contribution is -0.384. The number of hydrazine groups is 1. The molecule has 0 radical (unpaired) electrons. The minimum absolute atomic E-state index is 0.108. The second kappa shape index (κ2) is 6.08. The molecule has 2 aromatic rings. The van der Waals surface area contributed by atoms with Gasteiger partial charge in [0.25, 0.3) is 11.6 Å². The fraction of sp³-hybridized carbons (Fsp3) is 0.0909. The van der Waals surface area contributed by atoms with Crippen LogP contribution in [0.1, 0.15) is 16.1 Å². The Morgan fingerprint density at radius 1 is 1.50 bits per heavy atom. The van der Waals surface area contributed by atoms with Crippen molar-refractivity contribution < 1.29 is 9.72 Å². The van der Waals surface area contributed by atoms with Crippen LogP contribution < -0.4 is 16.6 Å². The Labute approximate surface area is 117 Å². The predicted octanol–water partition coefficient (Wildman–Crippen LogP) is 1.27. The van der Waals surface area contributed by atoms with Gasteiger partial charge < -0.3 is 10.7 Å². The number of carbonyl (C=O) groups is 1. The zero-order valence-electron chi connectivity index (χ0n) is 10.2. The van der Waals surface area contributed by atoms with Crippen molar-refractivity contribution in [3.05, 3.63) is 50.5 Å². The molecule has 0 aliphatic rings. The average molecular weight is 293 g/mol. The molecule has 0 unspecified atom stereocenters. The van der Waals surface area contributed by atoms with Crippen LogP contribution in [0.4, 0.5) is 11.4 Å². The summed E-state index contributed by atoms with van der Waals surface area (Å²) in [6.07, 6.45) is 0. The van der Waals surface area contributed by atoms with Gasteiger partial charge in [0.15, 0.2) is 0 Å². The highest BCUT2D eigenvalue weighted by atomic mass is 32.1. The van der Waals surface area contributed by atoms with Gasteiger partial charge in [0.1, 0.15) is 0 Å². The largest absolute Gasteiger partial charge is 0.346 e. The Morgan fingerprint density at radius 3 is 2.90 bits per heavy atom. The number of rotatable bonds is 5. The smallest absolute Gasteiger partial charge is 0.270 e. The number of hydrogen-bond donors (Lipinski definition) is 3. The van der Waals surface area contributed by atoms with Crippen LogP contribution in [0.2, 0.25) is 0 Å². The third-order valence-corrected chi connectivity index (χ3v) is 3.16. The van der Waals surface area contributed by atoms with Crippen molar-refractivity contribution in [1.29, 1.82) is 0 Å². The number of non-ortho nitro benzene ring substituents is 1. The van der Waals surface area contributed by atoms with Gasteiger partial charge in [0, 0.05) is 17.5 Å². The number of nitrogens with zero attached hydrogens (tertiary/aromatic N) is 2. The molecule has 20 heavy (non-hydrogen) atoms. The number of nitrogen functional groups attached to an aromatic ring is 1. The van der Waals surface area contributed by atoms with E-state index in [1.165, 1.54) is 29.5 Å². The Morgan fingerprint density at radius 2 is 2.30 bits per heavy atom. The Hall–Kier alpha value is -2.52. The van der Waals surface area contributed by atoms with Gasteiger partial charge in [-0.15, -0.1) is 11.3 Å². The van der Waals surface area contributed by atoms with E-state index in [0.29, 0.717) is 5.69 Å². The van der Waals surface area contributed by atoms with Gasteiger partial charge in [-0.05, 0) is 6.07 Å². The van der Waals surface area contributed by atoms with Crippen LogP contribution in [0.3, 0.4) is 0 Å². The third kappa shape index (κ3) is 3.08. The summed E-state index contributed by atoms with van der Waals surface area (Å²) in [5, 5.41) is 15.2. The second-order valence-electron chi connectivity index (χ2n) is 3.79. The summed E-state index contributed by atoms with van der Waals surface area (Å²) >= 11 is 1.42. The summed E-state index contributed by atoms with van der Waals surface area (Å²) in [6.45, 7) is 0.245. The lowest BCUT2D eigenvalue weighted by Gasteiger charge is -2.08. The number of nitro benzene ring substituents is 1. The number of carbonyl (C=O) groups excluding carboxylic acids is 1. The van der Waals surface area contributed by atoms with Crippen LogP contribution in [0.15, 0.2) is 29.1 Å². The van der Waals surface area contributed by atoms with Gasteiger partial charge in [0.2, 0.25) is 0 Å². The number of nitrogens with two attached hydrogens (primary N) is 1. The monoisotopic (exact) mass is 293 g/mol. The minimum atomic E-state index is -0.572. The van der Waals surface area contributed by atoms with Crippen LogP contribution in [0, 0.1) is 10.1 Å². The number of aromatic nitrogens is 1. The van der Waals surface area contributed by atoms with Crippen molar-refractivity contribution in [2.75, 3.05) is 5.43 Å². The highest BCUT2D eigenvalue weighted by molar-refractivity contribution is 7.07. The molecular formula is C11H11N5O3S. The van der Waals surface area contributed by atoms with E-state index < -0.39 is 10.8 Å². The molecule has 1 heterocycles. The van der Waals surface area contributed by atoms with Gasteiger partial charge in [-0.25, -0.2) is 4.98 Å². The van der Waals surface area contributed by atoms with E-state index in [9.17, 15) is 14.9 Å². The Bertz CT molecular complexity index is 629. The molecule has 8 nitrogen and oxygen atoms in total. The fourth-order valence-electron chi connectivity index (χ4n) is 1.55. The first-order valence-electron chi connectivity index (χ1n) is 5.52. The zero-order chi connectivity index (χ0) is 14.5. The molecular weight excluding hydrogens is 282 g/mol. The Balaban J connectivity index is 2.18. The molecule has 1 aromatic heterocycles. The molecule has 0 bridgehead atoms. The first-order valence-corrected chi connectivity index (χ1v) is 6.46. The number of nitro groups is 1. The Kier molecular flexibility index (Phi) is 4.23. The van der Waals surface area contributed by atoms with E-state index in [1.807, 2.05) is 0 Å². The maximum atomic E-state index is 12.0. The molecule has 2 rings (SSSR count). The van der Waals surface area contributed by atoms with E-state index in [-0.39, 0.29) is 17.8 Å². The predicted molar refractivity (Wildman–Crippen MR) is 74.2 cm³/mol. The summed E-state index contributed by atoms with van der Waals surface area (Å²) in [5.74, 6) is 4.83. The molecule has 0 aliphatic carbocycles. The second-order valence-corrected chi connectivity index (χ2v) is 4.51. The van der Waals surface area contributed by atoms with Crippen molar-refractivity contribution in [2.45, 2.75) is 6.54 Å². The molecule has 0 saturated carbocycles. The highest BCUT2D eigenvalue weighted by Crippen LogP contribution is 2.21. The number of benzene rings is 1. The molecule has 1 amide bonds. The van der Waals surface area contributed by atoms with Crippen molar-refractivity contribution in [3.63, 3.8) is 0 Å².